The van der Waals surface area contributed by atoms with Crippen LogP contribution in [-0.2, 0) is 9.53 Å². The van der Waals surface area contributed by atoms with E-state index in [2.05, 4.69) is 10.6 Å². The summed E-state index contributed by atoms with van der Waals surface area (Å²) >= 11 is 0. The minimum atomic E-state index is -0.619. The normalized spacial score (nSPS) is 17.1. The van der Waals surface area contributed by atoms with Crippen LogP contribution < -0.4 is 10.6 Å². The lowest BCUT2D eigenvalue weighted by Crippen LogP contribution is -2.57. The number of furan rings is 1. The van der Waals surface area contributed by atoms with E-state index in [9.17, 15) is 14.4 Å². The van der Waals surface area contributed by atoms with Crippen molar-refractivity contribution < 1.29 is 23.5 Å². The van der Waals surface area contributed by atoms with E-state index in [0.29, 0.717) is 25.8 Å². The molecule has 0 spiro atoms. The van der Waals surface area contributed by atoms with Crippen LogP contribution in [0.4, 0.5) is 4.79 Å². The summed E-state index contributed by atoms with van der Waals surface area (Å²) < 4.78 is 10.6. The van der Waals surface area contributed by atoms with Gasteiger partial charge in [-0.15, -0.1) is 0 Å². The second-order valence-electron chi connectivity index (χ2n) is 8.47. The molecule has 0 aromatic carbocycles. The molecule has 8 heteroatoms. The number of nitrogens with one attached hydrogen (secondary N) is 2. The molecule has 3 amide bonds. The summed E-state index contributed by atoms with van der Waals surface area (Å²) in [6, 6.07) is 2.71. The Labute approximate surface area is 172 Å². The van der Waals surface area contributed by atoms with Gasteiger partial charge in [0.25, 0.3) is 5.91 Å². The fraction of sp³-hybridized carbons (Fsp3) is 0.667. The summed E-state index contributed by atoms with van der Waals surface area (Å²) in [4.78, 5) is 39.2. The molecule has 2 rings (SSSR count). The monoisotopic (exact) mass is 407 g/mol. The van der Waals surface area contributed by atoms with Crippen molar-refractivity contribution in [2.75, 3.05) is 13.1 Å². The maximum atomic E-state index is 12.8. The van der Waals surface area contributed by atoms with Gasteiger partial charge < -0.3 is 24.7 Å². The van der Waals surface area contributed by atoms with Crippen molar-refractivity contribution in [3.05, 3.63) is 24.2 Å². The fourth-order valence-electron chi connectivity index (χ4n) is 3.44. The Morgan fingerprint density at radius 3 is 2.48 bits per heavy atom. The molecule has 1 atom stereocenters. The van der Waals surface area contributed by atoms with Crippen LogP contribution in [0, 0.1) is 0 Å². The molecular formula is C21H33N3O5. The van der Waals surface area contributed by atoms with Crippen molar-refractivity contribution in [3.8, 4) is 0 Å². The molecule has 1 unspecified atom stereocenters. The molecule has 8 nitrogen and oxygen atoms in total. The zero-order valence-corrected chi connectivity index (χ0v) is 18.0. The molecule has 29 heavy (non-hydrogen) atoms. The molecule has 0 bridgehead atoms. The number of hydrogen-bond donors (Lipinski definition) is 2. The molecule has 0 radical (unpaired) electrons. The number of carbonyl (C=O) groups excluding carboxylic acids is 3. The number of hydrogen-bond acceptors (Lipinski definition) is 5. The number of ether oxygens (including phenoxy) is 1. The quantitative estimate of drug-likeness (QED) is 0.723. The number of alkyl carbamates (subject to hydrolysis) is 1. The van der Waals surface area contributed by atoms with Crippen LogP contribution in [0.25, 0.3) is 0 Å². The largest absolute Gasteiger partial charge is 0.459 e. The predicted octanol–water partition coefficient (Wildman–Crippen LogP) is 3.08. The van der Waals surface area contributed by atoms with Crippen molar-refractivity contribution in [1.29, 1.82) is 0 Å². The van der Waals surface area contributed by atoms with Crippen LogP contribution in [0.15, 0.2) is 22.8 Å². The second kappa shape index (κ2) is 9.33. The Morgan fingerprint density at radius 2 is 1.93 bits per heavy atom. The summed E-state index contributed by atoms with van der Waals surface area (Å²) in [6.45, 7) is 10.1. The molecular weight excluding hydrogens is 374 g/mol. The average Bonchev–Trinajstić information content (AvgIpc) is 3.34. The number of nitrogens with zero attached hydrogens (tertiary/aromatic N) is 1. The fourth-order valence-corrected chi connectivity index (χ4v) is 3.44. The maximum absolute atomic E-state index is 12.8. The van der Waals surface area contributed by atoms with E-state index in [1.54, 1.807) is 37.8 Å². The number of likely N-dealkylation sites (tertiary alicyclic amines) is 1. The molecule has 2 heterocycles. The first-order valence-corrected chi connectivity index (χ1v) is 10.2. The summed E-state index contributed by atoms with van der Waals surface area (Å²) in [5.41, 5.74) is -1.22. The van der Waals surface area contributed by atoms with E-state index in [4.69, 9.17) is 9.15 Å². The Morgan fingerprint density at radius 1 is 1.24 bits per heavy atom. The van der Waals surface area contributed by atoms with Gasteiger partial charge in [-0.3, -0.25) is 9.59 Å². The highest BCUT2D eigenvalue weighted by atomic mass is 16.6. The van der Waals surface area contributed by atoms with Gasteiger partial charge in [0.15, 0.2) is 5.76 Å². The van der Waals surface area contributed by atoms with Crippen LogP contribution in [0.1, 0.15) is 70.9 Å². The number of amides is 3. The van der Waals surface area contributed by atoms with Gasteiger partial charge in [-0.2, -0.15) is 0 Å². The van der Waals surface area contributed by atoms with Crippen molar-refractivity contribution >= 4 is 17.9 Å². The maximum Gasteiger partial charge on any atom is 0.408 e. The standard InChI is InChI=1S/C21H33N3O5/c1-6-21(7-2,23-19(27)29-20(3,4)5)14-22-17(25)15-10-8-12-24(15)18(26)16-11-9-13-28-16/h9,11,13,15H,6-8,10,12,14H2,1-5H3,(H,22,25)(H,23,27). The zero-order valence-electron chi connectivity index (χ0n) is 18.0. The number of rotatable bonds is 7. The van der Waals surface area contributed by atoms with Gasteiger partial charge in [-0.05, 0) is 58.6 Å². The summed E-state index contributed by atoms with van der Waals surface area (Å²) in [5.74, 6) is -0.274. The van der Waals surface area contributed by atoms with Gasteiger partial charge in [0.1, 0.15) is 11.6 Å². The lowest BCUT2D eigenvalue weighted by Gasteiger charge is -2.34. The zero-order chi connectivity index (χ0) is 21.7. The average molecular weight is 408 g/mol. The van der Waals surface area contributed by atoms with Crippen molar-refractivity contribution in [2.45, 2.75) is 77.5 Å². The summed E-state index contributed by atoms with van der Waals surface area (Å²) in [6.07, 6.45) is 3.55. The van der Waals surface area contributed by atoms with Crippen molar-refractivity contribution in [2.24, 2.45) is 0 Å². The molecule has 1 aromatic rings. The third-order valence-electron chi connectivity index (χ3n) is 5.27. The van der Waals surface area contributed by atoms with Crippen LogP contribution in [0.3, 0.4) is 0 Å². The molecule has 1 aliphatic rings. The third kappa shape index (κ3) is 5.98. The van der Waals surface area contributed by atoms with Gasteiger partial charge in [0, 0.05) is 13.1 Å². The molecule has 2 N–H and O–H groups in total. The van der Waals surface area contributed by atoms with E-state index >= 15 is 0 Å². The van der Waals surface area contributed by atoms with E-state index < -0.39 is 23.3 Å². The van der Waals surface area contributed by atoms with Crippen molar-refractivity contribution in [1.82, 2.24) is 15.5 Å². The highest BCUT2D eigenvalue weighted by Gasteiger charge is 2.37. The Balaban J connectivity index is 2.00. The van der Waals surface area contributed by atoms with Gasteiger partial charge >= 0.3 is 6.09 Å². The Hall–Kier alpha value is -2.51. The molecule has 0 aliphatic carbocycles. The summed E-state index contributed by atoms with van der Waals surface area (Å²) in [5, 5.41) is 5.85. The van der Waals surface area contributed by atoms with E-state index in [-0.39, 0.29) is 24.1 Å². The van der Waals surface area contributed by atoms with Crippen LogP contribution in [0.2, 0.25) is 0 Å². The molecule has 1 saturated heterocycles. The predicted molar refractivity (Wildman–Crippen MR) is 108 cm³/mol. The minimum absolute atomic E-state index is 0.223. The van der Waals surface area contributed by atoms with Crippen LogP contribution >= 0.6 is 0 Å². The van der Waals surface area contributed by atoms with Crippen molar-refractivity contribution in [3.63, 3.8) is 0 Å². The lowest BCUT2D eigenvalue weighted by atomic mass is 9.92. The second-order valence-corrected chi connectivity index (χ2v) is 8.47. The topological polar surface area (TPSA) is 101 Å². The van der Waals surface area contributed by atoms with E-state index in [1.807, 2.05) is 13.8 Å². The molecule has 1 aromatic heterocycles. The highest BCUT2D eigenvalue weighted by Crippen LogP contribution is 2.22. The third-order valence-corrected chi connectivity index (χ3v) is 5.27. The smallest absolute Gasteiger partial charge is 0.408 e. The van der Waals surface area contributed by atoms with Gasteiger partial charge in [-0.1, -0.05) is 13.8 Å². The molecule has 1 fully saturated rings. The van der Waals surface area contributed by atoms with E-state index in [0.717, 1.165) is 6.42 Å². The Kier molecular flexibility index (Phi) is 7.32. The van der Waals surface area contributed by atoms with Gasteiger partial charge in [-0.25, -0.2) is 4.79 Å². The molecule has 0 saturated carbocycles. The van der Waals surface area contributed by atoms with E-state index in [1.165, 1.54) is 6.26 Å². The van der Waals surface area contributed by atoms with Gasteiger partial charge in [0.05, 0.1) is 11.8 Å². The lowest BCUT2D eigenvalue weighted by molar-refractivity contribution is -0.125. The first-order chi connectivity index (χ1) is 13.6. The SMILES string of the molecule is CCC(CC)(CNC(=O)C1CCCN1C(=O)c1ccco1)NC(=O)OC(C)(C)C. The van der Waals surface area contributed by atoms with Crippen LogP contribution in [0.5, 0.6) is 0 Å². The van der Waals surface area contributed by atoms with Crippen LogP contribution in [-0.4, -0.2) is 53.1 Å². The Bertz CT molecular complexity index is 704. The molecule has 1 aliphatic heterocycles. The minimum Gasteiger partial charge on any atom is -0.459 e. The molecule has 162 valence electrons. The van der Waals surface area contributed by atoms with Gasteiger partial charge in [0.2, 0.25) is 5.91 Å². The first kappa shape index (κ1) is 22.8. The number of carbonyl (C=O) groups is 3. The highest BCUT2D eigenvalue weighted by molar-refractivity contribution is 5.96. The first-order valence-electron chi connectivity index (χ1n) is 10.2. The summed E-state index contributed by atoms with van der Waals surface area (Å²) in [7, 11) is 0.